The van der Waals surface area contributed by atoms with Gasteiger partial charge in [0.15, 0.2) is 9.84 Å². The molecule has 0 spiro atoms. The van der Waals surface area contributed by atoms with Crippen LogP contribution in [0.3, 0.4) is 0 Å². The van der Waals surface area contributed by atoms with Crippen LogP contribution in [0.15, 0.2) is 77.7 Å². The third kappa shape index (κ3) is 4.54. The predicted octanol–water partition coefficient (Wildman–Crippen LogP) is 3.42. The summed E-state index contributed by atoms with van der Waals surface area (Å²) in [6.45, 7) is 0.437. The number of nitrogens with one attached hydrogen (secondary N) is 1. The standard InChI is InChI=1S/C24H23NO4S/c1-30(27,28)21-12-10-18(11-13-21)22-9-5-8-19-15-20(29-24(19)22)16-25-23(26)14-17-6-3-2-4-7-17/h2-13,20H,14-16H2,1H3,(H,25,26)/t20-/m1/s1. The number of para-hydroxylation sites is 1. The predicted molar refractivity (Wildman–Crippen MR) is 116 cm³/mol. The first-order valence-corrected chi connectivity index (χ1v) is 11.7. The second kappa shape index (κ2) is 8.32. The fourth-order valence-corrected chi connectivity index (χ4v) is 4.26. The summed E-state index contributed by atoms with van der Waals surface area (Å²) in [5, 5.41) is 2.96. The molecular weight excluding hydrogens is 398 g/mol. The molecule has 5 nitrogen and oxygen atoms in total. The van der Waals surface area contributed by atoms with Gasteiger partial charge < -0.3 is 10.1 Å². The van der Waals surface area contributed by atoms with Crippen molar-refractivity contribution in [2.24, 2.45) is 0 Å². The molecule has 1 aliphatic rings. The molecule has 1 heterocycles. The van der Waals surface area contributed by atoms with Crippen LogP contribution in [0, 0.1) is 0 Å². The van der Waals surface area contributed by atoms with Gasteiger partial charge in [-0.15, -0.1) is 0 Å². The van der Waals surface area contributed by atoms with E-state index in [9.17, 15) is 13.2 Å². The molecule has 0 saturated carbocycles. The first-order chi connectivity index (χ1) is 14.4. The molecule has 6 heteroatoms. The Bertz CT molecular complexity index is 1160. The summed E-state index contributed by atoms with van der Waals surface area (Å²) < 4.78 is 29.5. The lowest BCUT2D eigenvalue weighted by molar-refractivity contribution is -0.120. The zero-order valence-corrected chi connectivity index (χ0v) is 17.5. The maximum atomic E-state index is 12.2. The Kier molecular flexibility index (Phi) is 5.59. The molecule has 0 radical (unpaired) electrons. The number of fused-ring (bicyclic) bond motifs is 1. The number of benzene rings is 3. The van der Waals surface area contributed by atoms with E-state index in [2.05, 4.69) is 5.32 Å². The highest BCUT2D eigenvalue weighted by molar-refractivity contribution is 7.90. The van der Waals surface area contributed by atoms with Crippen LogP contribution in [0.1, 0.15) is 11.1 Å². The van der Waals surface area contributed by atoms with E-state index in [1.807, 2.05) is 48.5 Å². The minimum Gasteiger partial charge on any atom is -0.487 e. The molecule has 1 amide bonds. The van der Waals surface area contributed by atoms with Crippen molar-refractivity contribution in [3.63, 3.8) is 0 Å². The van der Waals surface area contributed by atoms with Gasteiger partial charge in [0.2, 0.25) is 5.91 Å². The second-order valence-electron chi connectivity index (χ2n) is 7.50. The Morgan fingerprint density at radius 2 is 1.73 bits per heavy atom. The van der Waals surface area contributed by atoms with E-state index in [0.717, 1.165) is 34.4 Å². The van der Waals surface area contributed by atoms with Gasteiger partial charge in [0, 0.05) is 18.2 Å². The number of amides is 1. The maximum absolute atomic E-state index is 12.2. The monoisotopic (exact) mass is 421 g/mol. The quantitative estimate of drug-likeness (QED) is 0.662. The van der Waals surface area contributed by atoms with Crippen molar-refractivity contribution < 1.29 is 17.9 Å². The number of sulfone groups is 1. The second-order valence-corrected chi connectivity index (χ2v) is 9.52. The molecule has 1 N–H and O–H groups in total. The number of hydrogen-bond donors (Lipinski definition) is 1. The topological polar surface area (TPSA) is 72.5 Å². The molecule has 4 rings (SSSR count). The molecule has 3 aromatic rings. The van der Waals surface area contributed by atoms with Crippen LogP contribution >= 0.6 is 0 Å². The van der Waals surface area contributed by atoms with Gasteiger partial charge in [-0.1, -0.05) is 60.7 Å². The maximum Gasteiger partial charge on any atom is 0.224 e. The molecule has 3 aromatic carbocycles. The van der Waals surface area contributed by atoms with E-state index < -0.39 is 9.84 Å². The highest BCUT2D eigenvalue weighted by atomic mass is 32.2. The van der Waals surface area contributed by atoms with Gasteiger partial charge in [-0.3, -0.25) is 4.79 Å². The molecular formula is C24H23NO4S. The summed E-state index contributed by atoms with van der Waals surface area (Å²) in [5.74, 6) is 0.768. The highest BCUT2D eigenvalue weighted by Gasteiger charge is 2.26. The lowest BCUT2D eigenvalue weighted by atomic mass is 10.0. The normalized spacial score (nSPS) is 15.3. The highest BCUT2D eigenvalue weighted by Crippen LogP contribution is 2.38. The van der Waals surface area contributed by atoms with Crippen LogP contribution in [0.2, 0.25) is 0 Å². The molecule has 0 fully saturated rings. The third-order valence-electron chi connectivity index (χ3n) is 5.16. The summed E-state index contributed by atoms with van der Waals surface area (Å²) in [7, 11) is -3.23. The van der Waals surface area contributed by atoms with E-state index in [0.29, 0.717) is 17.9 Å². The molecule has 0 aliphatic carbocycles. The van der Waals surface area contributed by atoms with Crippen LogP contribution in [0.4, 0.5) is 0 Å². The van der Waals surface area contributed by atoms with Crippen LogP contribution in [-0.4, -0.2) is 33.2 Å². The molecule has 1 atom stereocenters. The average molecular weight is 422 g/mol. The smallest absolute Gasteiger partial charge is 0.224 e. The van der Waals surface area contributed by atoms with Crippen molar-refractivity contribution in [1.82, 2.24) is 5.32 Å². The molecule has 30 heavy (non-hydrogen) atoms. The molecule has 0 saturated heterocycles. The lowest BCUT2D eigenvalue weighted by Crippen LogP contribution is -2.35. The van der Waals surface area contributed by atoms with Gasteiger partial charge in [0.25, 0.3) is 0 Å². The van der Waals surface area contributed by atoms with Gasteiger partial charge >= 0.3 is 0 Å². The zero-order chi connectivity index (χ0) is 21.1. The number of ether oxygens (including phenoxy) is 1. The van der Waals surface area contributed by atoms with Crippen molar-refractivity contribution in [1.29, 1.82) is 0 Å². The van der Waals surface area contributed by atoms with Crippen LogP contribution < -0.4 is 10.1 Å². The zero-order valence-electron chi connectivity index (χ0n) is 16.7. The van der Waals surface area contributed by atoms with Crippen LogP contribution in [-0.2, 0) is 27.5 Å². The van der Waals surface area contributed by atoms with Gasteiger partial charge in [0.05, 0.1) is 17.9 Å². The molecule has 0 bridgehead atoms. The number of hydrogen-bond acceptors (Lipinski definition) is 4. The van der Waals surface area contributed by atoms with Crippen molar-refractivity contribution in [2.75, 3.05) is 12.8 Å². The van der Waals surface area contributed by atoms with E-state index in [1.165, 1.54) is 6.26 Å². The number of rotatable bonds is 6. The Balaban J connectivity index is 1.43. The SMILES string of the molecule is CS(=O)(=O)c1ccc(-c2cccc3c2O[C@@H](CNC(=O)Cc2ccccc2)C3)cc1. The van der Waals surface area contributed by atoms with Crippen molar-refractivity contribution in [3.8, 4) is 16.9 Å². The summed E-state index contributed by atoms with van der Waals surface area (Å²) >= 11 is 0. The summed E-state index contributed by atoms with van der Waals surface area (Å²) in [5.41, 5.74) is 3.88. The summed E-state index contributed by atoms with van der Waals surface area (Å²) in [4.78, 5) is 12.5. The van der Waals surface area contributed by atoms with E-state index in [4.69, 9.17) is 4.74 Å². The van der Waals surface area contributed by atoms with Gasteiger partial charge in [0.1, 0.15) is 11.9 Å². The van der Waals surface area contributed by atoms with Gasteiger partial charge in [-0.2, -0.15) is 0 Å². The van der Waals surface area contributed by atoms with Crippen molar-refractivity contribution >= 4 is 15.7 Å². The minimum atomic E-state index is -3.23. The van der Waals surface area contributed by atoms with Gasteiger partial charge in [-0.05, 0) is 28.8 Å². The Morgan fingerprint density at radius 3 is 2.43 bits per heavy atom. The van der Waals surface area contributed by atoms with E-state index in [-0.39, 0.29) is 12.0 Å². The fourth-order valence-electron chi connectivity index (χ4n) is 3.63. The van der Waals surface area contributed by atoms with E-state index in [1.54, 1.807) is 24.3 Å². The van der Waals surface area contributed by atoms with Crippen LogP contribution in [0.25, 0.3) is 11.1 Å². The number of carbonyl (C=O) groups is 1. The Labute approximate surface area is 176 Å². The molecule has 0 aromatic heterocycles. The molecule has 1 aliphatic heterocycles. The first kappa shape index (κ1) is 20.2. The molecule has 154 valence electrons. The summed E-state index contributed by atoms with van der Waals surface area (Å²) in [6.07, 6.45) is 2.13. The van der Waals surface area contributed by atoms with Crippen molar-refractivity contribution in [3.05, 3.63) is 83.9 Å². The number of carbonyl (C=O) groups excluding carboxylic acids is 1. The summed E-state index contributed by atoms with van der Waals surface area (Å²) in [6, 6.07) is 22.4. The van der Waals surface area contributed by atoms with Crippen LogP contribution in [0.5, 0.6) is 5.75 Å². The largest absolute Gasteiger partial charge is 0.487 e. The fraction of sp³-hybridized carbons (Fsp3) is 0.208. The third-order valence-corrected chi connectivity index (χ3v) is 6.29. The average Bonchev–Trinajstić information content (AvgIpc) is 3.16. The minimum absolute atomic E-state index is 0.0302. The first-order valence-electron chi connectivity index (χ1n) is 9.80. The van der Waals surface area contributed by atoms with Gasteiger partial charge in [-0.25, -0.2) is 8.42 Å². The lowest BCUT2D eigenvalue weighted by Gasteiger charge is -2.14. The molecule has 0 unspecified atom stereocenters. The van der Waals surface area contributed by atoms with Crippen molar-refractivity contribution in [2.45, 2.75) is 23.8 Å². The Hall–Kier alpha value is -3.12. The van der Waals surface area contributed by atoms with E-state index >= 15 is 0 Å². The Morgan fingerprint density at radius 1 is 1.00 bits per heavy atom.